The number of hydrogen-bond donors (Lipinski definition) is 0. The maximum absolute atomic E-state index is 13.2. The molecule has 0 spiro atoms. The molecule has 0 aromatic carbocycles. The maximum atomic E-state index is 13.2. The van der Waals surface area contributed by atoms with Gasteiger partial charge in [0.2, 0.25) is 0 Å². The van der Waals surface area contributed by atoms with E-state index in [4.69, 9.17) is 14.2 Å². The lowest BCUT2D eigenvalue weighted by atomic mass is 9.71. The monoisotopic (exact) mass is 502 g/mol. The van der Waals surface area contributed by atoms with E-state index in [1.54, 1.807) is 0 Å². The van der Waals surface area contributed by atoms with E-state index in [9.17, 15) is 14.4 Å². The van der Waals surface area contributed by atoms with Crippen LogP contribution in [0.3, 0.4) is 0 Å². The van der Waals surface area contributed by atoms with E-state index in [1.807, 2.05) is 45.1 Å². The first-order chi connectivity index (χ1) is 16.9. The fourth-order valence-electron chi connectivity index (χ4n) is 6.25. The van der Waals surface area contributed by atoms with Crippen molar-refractivity contribution in [1.29, 1.82) is 0 Å². The van der Waals surface area contributed by atoms with Gasteiger partial charge in [-0.1, -0.05) is 57.9 Å². The Morgan fingerprint density at radius 1 is 0.778 bits per heavy atom. The summed E-state index contributed by atoms with van der Waals surface area (Å²) in [5.74, 6) is 0.239. The highest BCUT2D eigenvalue weighted by molar-refractivity contribution is 5.80. The number of carbonyl (C=O) groups is 3. The lowest BCUT2D eigenvalue weighted by Crippen LogP contribution is -2.41. The molecule has 1 fully saturated rings. The van der Waals surface area contributed by atoms with Gasteiger partial charge >= 0.3 is 17.9 Å². The van der Waals surface area contributed by atoms with Crippen LogP contribution in [0.15, 0.2) is 24.3 Å². The number of carbonyl (C=O) groups excluding carboxylic acids is 3. The van der Waals surface area contributed by atoms with Crippen LogP contribution in [0.1, 0.15) is 92.9 Å². The molecule has 6 nitrogen and oxygen atoms in total. The van der Waals surface area contributed by atoms with Crippen LogP contribution in [0.2, 0.25) is 0 Å². The van der Waals surface area contributed by atoms with Gasteiger partial charge in [0.05, 0.1) is 16.2 Å². The summed E-state index contributed by atoms with van der Waals surface area (Å²) in [7, 11) is 0. The van der Waals surface area contributed by atoms with Crippen molar-refractivity contribution in [2.45, 2.75) is 99.0 Å². The molecule has 0 aromatic heterocycles. The SMILES string of the molecule is CC1CC=CC(C)(C(=O)OCC(COC(=O)C2(C)CCCC(C)C2)OC(=O)C2(C)C=CCC(C)C2)C1. The van der Waals surface area contributed by atoms with Crippen molar-refractivity contribution in [2.24, 2.45) is 34.0 Å². The molecule has 36 heavy (non-hydrogen) atoms. The van der Waals surface area contributed by atoms with Crippen LogP contribution in [0.5, 0.6) is 0 Å². The van der Waals surface area contributed by atoms with Crippen molar-refractivity contribution in [3.05, 3.63) is 24.3 Å². The zero-order chi connectivity index (χ0) is 26.6. The molecule has 0 radical (unpaired) electrons. The lowest BCUT2D eigenvalue weighted by Gasteiger charge is -2.35. The van der Waals surface area contributed by atoms with Crippen LogP contribution in [0.4, 0.5) is 0 Å². The van der Waals surface area contributed by atoms with E-state index in [2.05, 4.69) is 20.8 Å². The zero-order valence-corrected chi connectivity index (χ0v) is 23.1. The maximum Gasteiger partial charge on any atom is 0.316 e. The number of hydrogen-bond acceptors (Lipinski definition) is 6. The standard InChI is InChI=1S/C30H46O6/c1-21-10-7-13-28(4,16-21)25(31)34-19-24(36-27(33)30(6)15-9-12-23(3)18-30)20-35-26(32)29(5)14-8-11-22(2)17-29/h7,9,13,15,21-24H,8,10-12,14,16-20H2,1-6H3. The Balaban J connectivity index is 1.67. The van der Waals surface area contributed by atoms with Gasteiger partial charge in [-0.2, -0.15) is 0 Å². The highest BCUT2D eigenvalue weighted by Crippen LogP contribution is 2.40. The molecule has 0 amide bonds. The van der Waals surface area contributed by atoms with Gasteiger partial charge < -0.3 is 14.2 Å². The molecule has 0 aromatic rings. The average Bonchev–Trinajstić information content (AvgIpc) is 2.79. The third kappa shape index (κ3) is 7.01. The molecular weight excluding hydrogens is 456 g/mol. The number of ether oxygens (including phenoxy) is 3. The van der Waals surface area contributed by atoms with Gasteiger partial charge in [0.15, 0.2) is 6.10 Å². The molecule has 0 bridgehead atoms. The predicted molar refractivity (Wildman–Crippen MR) is 139 cm³/mol. The normalized spacial score (nSPS) is 37.1. The van der Waals surface area contributed by atoms with Crippen LogP contribution in [-0.4, -0.2) is 37.2 Å². The van der Waals surface area contributed by atoms with Crippen LogP contribution in [0.25, 0.3) is 0 Å². The Kier molecular flexibility index (Phi) is 9.11. The van der Waals surface area contributed by atoms with Gasteiger partial charge in [0.25, 0.3) is 0 Å². The molecule has 7 atom stereocenters. The van der Waals surface area contributed by atoms with Crippen molar-refractivity contribution in [3.63, 3.8) is 0 Å². The molecule has 3 aliphatic rings. The van der Waals surface area contributed by atoms with Gasteiger partial charge in [-0.15, -0.1) is 0 Å². The minimum absolute atomic E-state index is 0.125. The summed E-state index contributed by atoms with van der Waals surface area (Å²) in [6, 6.07) is 0. The van der Waals surface area contributed by atoms with Crippen molar-refractivity contribution >= 4 is 17.9 Å². The van der Waals surface area contributed by atoms with Gasteiger partial charge in [-0.3, -0.25) is 14.4 Å². The summed E-state index contributed by atoms with van der Waals surface area (Å²) in [4.78, 5) is 39.3. The van der Waals surface area contributed by atoms with Crippen molar-refractivity contribution in [1.82, 2.24) is 0 Å². The van der Waals surface area contributed by atoms with E-state index in [-0.39, 0.29) is 31.1 Å². The second kappa shape index (κ2) is 11.5. The first-order valence-electron chi connectivity index (χ1n) is 13.8. The Labute approximate surface area is 217 Å². The largest absolute Gasteiger partial charge is 0.461 e. The molecule has 3 aliphatic carbocycles. The molecule has 0 heterocycles. The smallest absolute Gasteiger partial charge is 0.316 e. The quantitative estimate of drug-likeness (QED) is 0.224. The molecule has 0 aliphatic heterocycles. The molecule has 0 N–H and O–H groups in total. The van der Waals surface area contributed by atoms with E-state index in [0.717, 1.165) is 38.5 Å². The minimum atomic E-state index is -0.855. The highest BCUT2D eigenvalue weighted by Gasteiger charge is 2.41. The van der Waals surface area contributed by atoms with Crippen molar-refractivity contribution < 1.29 is 28.6 Å². The second-order valence-corrected chi connectivity index (χ2v) is 12.7. The number of rotatable bonds is 8. The van der Waals surface area contributed by atoms with Gasteiger partial charge in [0.1, 0.15) is 13.2 Å². The summed E-state index contributed by atoms with van der Waals surface area (Å²) < 4.78 is 17.3. The van der Waals surface area contributed by atoms with E-state index in [0.29, 0.717) is 30.6 Å². The summed E-state index contributed by atoms with van der Waals surface area (Å²) in [5, 5.41) is 0. The first kappa shape index (κ1) is 28.5. The molecule has 0 saturated heterocycles. The zero-order valence-electron chi connectivity index (χ0n) is 23.1. The molecular formula is C30H46O6. The topological polar surface area (TPSA) is 78.9 Å². The van der Waals surface area contributed by atoms with Gasteiger partial charge in [-0.05, 0) is 77.0 Å². The predicted octanol–water partition coefficient (Wildman–Crippen LogP) is 6.19. The Morgan fingerprint density at radius 2 is 1.31 bits per heavy atom. The van der Waals surface area contributed by atoms with Crippen molar-refractivity contribution in [2.75, 3.05) is 13.2 Å². The van der Waals surface area contributed by atoms with Crippen LogP contribution >= 0.6 is 0 Å². The summed E-state index contributed by atoms with van der Waals surface area (Å²) in [6.45, 7) is 11.8. The fraction of sp³-hybridized carbons (Fsp3) is 0.767. The first-order valence-corrected chi connectivity index (χ1v) is 13.8. The van der Waals surface area contributed by atoms with E-state index < -0.39 is 22.3 Å². The third-order valence-electron chi connectivity index (χ3n) is 8.32. The minimum Gasteiger partial charge on any atom is -0.461 e. The summed E-state index contributed by atoms with van der Waals surface area (Å²) in [5.41, 5.74) is -1.99. The summed E-state index contributed by atoms with van der Waals surface area (Å²) >= 11 is 0. The van der Waals surface area contributed by atoms with Crippen LogP contribution in [0, 0.1) is 34.0 Å². The van der Waals surface area contributed by atoms with Crippen LogP contribution in [-0.2, 0) is 28.6 Å². The molecule has 1 saturated carbocycles. The second-order valence-electron chi connectivity index (χ2n) is 12.7. The molecule has 202 valence electrons. The van der Waals surface area contributed by atoms with Gasteiger partial charge in [-0.25, -0.2) is 0 Å². The van der Waals surface area contributed by atoms with E-state index >= 15 is 0 Å². The average molecular weight is 503 g/mol. The summed E-state index contributed by atoms with van der Waals surface area (Å²) in [6.07, 6.45) is 14.0. The van der Waals surface area contributed by atoms with Crippen LogP contribution < -0.4 is 0 Å². The van der Waals surface area contributed by atoms with Gasteiger partial charge in [0, 0.05) is 0 Å². The fourth-order valence-corrected chi connectivity index (χ4v) is 6.25. The molecule has 6 heteroatoms. The highest BCUT2D eigenvalue weighted by atomic mass is 16.6. The Hall–Kier alpha value is -2.11. The van der Waals surface area contributed by atoms with E-state index in [1.165, 1.54) is 0 Å². The molecule has 3 rings (SSSR count). The lowest BCUT2D eigenvalue weighted by molar-refractivity contribution is -0.178. The molecule has 7 unspecified atom stereocenters. The Bertz CT molecular complexity index is 877. The number of esters is 3. The number of allylic oxidation sites excluding steroid dienone is 2. The third-order valence-corrected chi connectivity index (χ3v) is 8.32. The van der Waals surface area contributed by atoms with Crippen molar-refractivity contribution in [3.8, 4) is 0 Å². The Morgan fingerprint density at radius 3 is 1.83 bits per heavy atom.